The summed E-state index contributed by atoms with van der Waals surface area (Å²) in [6.45, 7) is 11.0. The predicted octanol–water partition coefficient (Wildman–Crippen LogP) is 5.64. The van der Waals surface area contributed by atoms with E-state index in [1.165, 1.54) is 24.8 Å². The first kappa shape index (κ1) is 15.2. The second-order valence-corrected chi connectivity index (χ2v) is 4.44. The SMILES string of the molecule is CC.CCCC(C)CC(C)c1ccccc1. The lowest BCUT2D eigenvalue weighted by Crippen LogP contribution is -2.01. The first-order valence-electron chi connectivity index (χ1n) is 6.79. The highest BCUT2D eigenvalue weighted by Gasteiger charge is 2.09. The van der Waals surface area contributed by atoms with Gasteiger partial charge in [-0.15, -0.1) is 0 Å². The van der Waals surface area contributed by atoms with Crippen LogP contribution in [-0.2, 0) is 0 Å². The Morgan fingerprint density at radius 2 is 1.56 bits per heavy atom. The quantitative estimate of drug-likeness (QED) is 0.602. The molecule has 0 heterocycles. The summed E-state index contributed by atoms with van der Waals surface area (Å²) in [7, 11) is 0. The third-order valence-electron chi connectivity index (χ3n) is 2.91. The van der Waals surface area contributed by atoms with Gasteiger partial charge in [0.25, 0.3) is 0 Å². The van der Waals surface area contributed by atoms with E-state index in [9.17, 15) is 0 Å². The van der Waals surface area contributed by atoms with Gasteiger partial charge in [0, 0.05) is 0 Å². The van der Waals surface area contributed by atoms with E-state index < -0.39 is 0 Å². The number of hydrogen-bond donors (Lipinski definition) is 0. The summed E-state index contributed by atoms with van der Waals surface area (Å²) in [6, 6.07) is 10.8. The minimum atomic E-state index is 0.706. The summed E-state index contributed by atoms with van der Waals surface area (Å²) in [4.78, 5) is 0. The van der Waals surface area contributed by atoms with E-state index in [0.29, 0.717) is 5.92 Å². The molecule has 0 fully saturated rings. The second kappa shape index (κ2) is 9.45. The van der Waals surface area contributed by atoms with E-state index in [1.807, 2.05) is 13.8 Å². The van der Waals surface area contributed by atoms with E-state index in [0.717, 1.165) is 5.92 Å². The van der Waals surface area contributed by atoms with Crippen LogP contribution in [-0.4, -0.2) is 0 Å². The lowest BCUT2D eigenvalue weighted by Gasteiger charge is -2.16. The molecule has 2 unspecified atom stereocenters. The van der Waals surface area contributed by atoms with Crippen molar-refractivity contribution < 1.29 is 0 Å². The van der Waals surface area contributed by atoms with Crippen LogP contribution < -0.4 is 0 Å². The molecule has 1 aromatic rings. The van der Waals surface area contributed by atoms with Gasteiger partial charge >= 0.3 is 0 Å². The molecular formula is C16H28. The van der Waals surface area contributed by atoms with E-state index in [1.54, 1.807) is 0 Å². The Morgan fingerprint density at radius 3 is 2.06 bits per heavy atom. The molecular weight excluding hydrogens is 192 g/mol. The fourth-order valence-corrected chi connectivity index (χ4v) is 2.13. The molecule has 0 aliphatic heterocycles. The van der Waals surface area contributed by atoms with Crippen LogP contribution in [0.15, 0.2) is 30.3 Å². The fourth-order valence-electron chi connectivity index (χ4n) is 2.13. The third kappa shape index (κ3) is 5.95. The van der Waals surface area contributed by atoms with Crippen molar-refractivity contribution in [2.24, 2.45) is 5.92 Å². The molecule has 0 aromatic heterocycles. The average molecular weight is 220 g/mol. The Kier molecular flexibility index (Phi) is 8.99. The topological polar surface area (TPSA) is 0 Å². The van der Waals surface area contributed by atoms with Crippen LogP contribution in [0.25, 0.3) is 0 Å². The zero-order valence-corrected chi connectivity index (χ0v) is 11.7. The predicted molar refractivity (Wildman–Crippen MR) is 74.9 cm³/mol. The zero-order valence-electron chi connectivity index (χ0n) is 11.7. The molecule has 1 rings (SSSR count). The lowest BCUT2D eigenvalue weighted by atomic mass is 9.89. The Bertz CT molecular complexity index is 237. The van der Waals surface area contributed by atoms with Gasteiger partial charge in [-0.05, 0) is 23.8 Å². The van der Waals surface area contributed by atoms with Crippen molar-refractivity contribution in [2.75, 3.05) is 0 Å². The van der Waals surface area contributed by atoms with Gasteiger partial charge in [-0.25, -0.2) is 0 Å². The molecule has 0 spiro atoms. The van der Waals surface area contributed by atoms with Gasteiger partial charge in [0.15, 0.2) is 0 Å². The van der Waals surface area contributed by atoms with E-state index >= 15 is 0 Å². The van der Waals surface area contributed by atoms with Crippen molar-refractivity contribution in [1.29, 1.82) is 0 Å². The molecule has 2 atom stereocenters. The van der Waals surface area contributed by atoms with Crippen LogP contribution in [0.5, 0.6) is 0 Å². The molecule has 0 heteroatoms. The molecule has 0 amide bonds. The molecule has 0 bridgehead atoms. The second-order valence-electron chi connectivity index (χ2n) is 4.44. The van der Waals surface area contributed by atoms with Crippen molar-refractivity contribution in [3.63, 3.8) is 0 Å². The van der Waals surface area contributed by atoms with Crippen LogP contribution >= 0.6 is 0 Å². The first-order chi connectivity index (χ1) is 7.74. The Morgan fingerprint density at radius 1 is 1.00 bits per heavy atom. The van der Waals surface area contributed by atoms with Crippen molar-refractivity contribution in [1.82, 2.24) is 0 Å². The molecule has 0 aliphatic rings. The summed E-state index contributed by atoms with van der Waals surface area (Å²) in [6.07, 6.45) is 3.98. The standard InChI is InChI=1S/C14H22.C2H6/c1-4-8-12(2)11-13(3)14-9-6-5-7-10-14;1-2/h5-7,9-10,12-13H,4,8,11H2,1-3H3;1-2H3. The monoisotopic (exact) mass is 220 g/mol. The minimum absolute atomic E-state index is 0.706. The van der Waals surface area contributed by atoms with Crippen LogP contribution in [0.3, 0.4) is 0 Å². The molecule has 0 N–H and O–H groups in total. The maximum Gasteiger partial charge on any atom is -0.0188 e. The number of benzene rings is 1. The summed E-state index contributed by atoms with van der Waals surface area (Å²) >= 11 is 0. The summed E-state index contributed by atoms with van der Waals surface area (Å²) in [5, 5.41) is 0. The highest BCUT2D eigenvalue weighted by Crippen LogP contribution is 2.24. The van der Waals surface area contributed by atoms with Gasteiger partial charge < -0.3 is 0 Å². The van der Waals surface area contributed by atoms with Crippen molar-refractivity contribution >= 4 is 0 Å². The van der Waals surface area contributed by atoms with Crippen LogP contribution in [0.4, 0.5) is 0 Å². The zero-order chi connectivity index (χ0) is 12.4. The van der Waals surface area contributed by atoms with E-state index in [2.05, 4.69) is 51.1 Å². The summed E-state index contributed by atoms with van der Waals surface area (Å²) < 4.78 is 0. The normalized spacial score (nSPS) is 13.6. The van der Waals surface area contributed by atoms with E-state index in [-0.39, 0.29) is 0 Å². The smallest absolute Gasteiger partial charge is 0.0188 e. The number of hydrogen-bond acceptors (Lipinski definition) is 0. The largest absolute Gasteiger partial charge is 0.0683 e. The van der Waals surface area contributed by atoms with Gasteiger partial charge in [-0.3, -0.25) is 0 Å². The maximum absolute atomic E-state index is 2.36. The Labute approximate surface area is 102 Å². The van der Waals surface area contributed by atoms with Gasteiger partial charge in [0.2, 0.25) is 0 Å². The van der Waals surface area contributed by atoms with Crippen molar-refractivity contribution in [3.05, 3.63) is 35.9 Å². The molecule has 92 valence electrons. The van der Waals surface area contributed by atoms with Gasteiger partial charge in [-0.1, -0.05) is 77.8 Å². The Hall–Kier alpha value is -0.780. The van der Waals surface area contributed by atoms with Gasteiger partial charge in [0.1, 0.15) is 0 Å². The third-order valence-corrected chi connectivity index (χ3v) is 2.91. The van der Waals surface area contributed by atoms with Crippen molar-refractivity contribution in [3.8, 4) is 0 Å². The summed E-state index contributed by atoms with van der Waals surface area (Å²) in [5.74, 6) is 1.56. The fraction of sp³-hybridized carbons (Fsp3) is 0.625. The summed E-state index contributed by atoms with van der Waals surface area (Å²) in [5.41, 5.74) is 1.48. The molecule has 0 saturated carbocycles. The molecule has 1 aromatic carbocycles. The van der Waals surface area contributed by atoms with Crippen LogP contribution in [0.2, 0.25) is 0 Å². The van der Waals surface area contributed by atoms with Crippen LogP contribution in [0.1, 0.15) is 65.4 Å². The highest BCUT2D eigenvalue weighted by atomic mass is 14.1. The van der Waals surface area contributed by atoms with Gasteiger partial charge in [0.05, 0.1) is 0 Å². The highest BCUT2D eigenvalue weighted by molar-refractivity contribution is 5.18. The maximum atomic E-state index is 2.36. The Balaban J connectivity index is 0.00000106. The number of rotatable bonds is 5. The lowest BCUT2D eigenvalue weighted by molar-refractivity contribution is 0.449. The van der Waals surface area contributed by atoms with E-state index in [4.69, 9.17) is 0 Å². The molecule has 16 heavy (non-hydrogen) atoms. The minimum Gasteiger partial charge on any atom is -0.0683 e. The first-order valence-corrected chi connectivity index (χ1v) is 6.79. The van der Waals surface area contributed by atoms with Crippen molar-refractivity contribution in [2.45, 2.75) is 59.8 Å². The molecule has 0 radical (unpaired) electrons. The molecule has 0 nitrogen and oxygen atoms in total. The molecule has 0 saturated heterocycles. The van der Waals surface area contributed by atoms with Gasteiger partial charge in [-0.2, -0.15) is 0 Å². The average Bonchev–Trinajstić information content (AvgIpc) is 2.33. The molecule has 0 aliphatic carbocycles. The van der Waals surface area contributed by atoms with Crippen LogP contribution in [0, 0.1) is 5.92 Å².